The largest absolute Gasteiger partial charge is 0.449 e. The third kappa shape index (κ3) is 3.82. The Morgan fingerprint density at radius 1 is 1.26 bits per heavy atom. The fraction of sp³-hybridized carbons (Fsp3) is 0.833. The molecule has 0 spiro atoms. The molecule has 2 rings (SSSR count). The molecule has 0 aromatic heterocycles. The zero-order chi connectivity index (χ0) is 17.7. The highest BCUT2D eigenvalue weighted by Crippen LogP contribution is 2.49. The summed E-state index contributed by atoms with van der Waals surface area (Å²) in [6.45, 7) is 18.4. The van der Waals surface area contributed by atoms with Crippen LogP contribution in [0.3, 0.4) is 0 Å². The molecule has 1 aliphatic carbocycles. The molecule has 0 aromatic rings. The van der Waals surface area contributed by atoms with Crippen LogP contribution in [-0.4, -0.2) is 34.1 Å². The van der Waals surface area contributed by atoms with Gasteiger partial charge in [-0.3, -0.25) is 0 Å². The number of rotatable bonds is 4. The van der Waals surface area contributed by atoms with E-state index in [1.807, 2.05) is 0 Å². The maximum atomic E-state index is 12.1. The lowest BCUT2D eigenvalue weighted by molar-refractivity contribution is -0.154. The summed E-state index contributed by atoms with van der Waals surface area (Å²) in [5, 5.41) is 0.164. The Morgan fingerprint density at radius 3 is 2.39 bits per heavy atom. The van der Waals surface area contributed by atoms with Crippen molar-refractivity contribution in [1.82, 2.24) is 0 Å². The first-order chi connectivity index (χ1) is 10.3. The van der Waals surface area contributed by atoms with Crippen LogP contribution in [0.15, 0.2) is 11.6 Å². The van der Waals surface area contributed by atoms with Gasteiger partial charge in [-0.05, 0) is 49.0 Å². The molecule has 23 heavy (non-hydrogen) atoms. The molecule has 0 amide bonds. The van der Waals surface area contributed by atoms with Gasteiger partial charge in [0.2, 0.25) is 0 Å². The summed E-state index contributed by atoms with van der Waals surface area (Å²) in [6, 6.07) is 0.969. The minimum atomic E-state index is -1.90. The second-order valence-corrected chi connectivity index (χ2v) is 20.2. The molecule has 0 radical (unpaired) electrons. The number of fused-ring (bicyclic) bond motifs is 1. The van der Waals surface area contributed by atoms with Crippen LogP contribution in [0.5, 0.6) is 0 Å². The van der Waals surface area contributed by atoms with Crippen LogP contribution in [-0.2, 0) is 14.0 Å². The van der Waals surface area contributed by atoms with Crippen molar-refractivity contribution in [3.05, 3.63) is 11.6 Å². The highest BCUT2D eigenvalue weighted by atomic mass is 28.4. The van der Waals surface area contributed by atoms with Gasteiger partial charge in [0.05, 0.1) is 6.10 Å². The van der Waals surface area contributed by atoms with Gasteiger partial charge in [0.1, 0.15) is 0 Å². The summed E-state index contributed by atoms with van der Waals surface area (Å²) >= 11 is 0. The number of carbonyl (C=O) groups excluding carboxylic acids is 1. The lowest BCUT2D eigenvalue weighted by Crippen LogP contribution is -2.57. The van der Waals surface area contributed by atoms with E-state index in [0.717, 1.165) is 25.3 Å². The van der Waals surface area contributed by atoms with Crippen molar-refractivity contribution in [1.29, 1.82) is 0 Å². The van der Waals surface area contributed by atoms with Gasteiger partial charge in [-0.15, -0.1) is 0 Å². The van der Waals surface area contributed by atoms with E-state index in [1.54, 1.807) is 6.08 Å². The van der Waals surface area contributed by atoms with E-state index in [1.165, 1.54) is 5.57 Å². The molecular formula is C18H34O3Si2. The van der Waals surface area contributed by atoms with E-state index < -0.39 is 22.0 Å². The Balaban J connectivity index is 2.37. The minimum absolute atomic E-state index is 0.0292. The standard InChI is InChI=1S/C18H34O3Si2/c1-17(2,3)23(7,8)21-15-11-9-10-14-12-16(19)20-18(14,15)13-22(4,5)6/h12,15H,9-11,13H2,1-8H3/t15-,18+/m0/s1. The number of carbonyl (C=O) groups is 1. The van der Waals surface area contributed by atoms with E-state index >= 15 is 0 Å². The zero-order valence-electron chi connectivity index (χ0n) is 16.2. The van der Waals surface area contributed by atoms with Gasteiger partial charge >= 0.3 is 5.97 Å². The maximum absolute atomic E-state index is 12.1. The fourth-order valence-corrected chi connectivity index (χ4v) is 7.02. The van der Waals surface area contributed by atoms with Crippen LogP contribution in [0.25, 0.3) is 0 Å². The van der Waals surface area contributed by atoms with Crippen LogP contribution >= 0.6 is 0 Å². The minimum Gasteiger partial charge on any atom is -0.449 e. The van der Waals surface area contributed by atoms with Crippen molar-refractivity contribution < 1.29 is 14.0 Å². The van der Waals surface area contributed by atoms with Crippen molar-refractivity contribution in [3.63, 3.8) is 0 Å². The number of esters is 1. The van der Waals surface area contributed by atoms with Crippen molar-refractivity contribution >= 4 is 22.4 Å². The van der Waals surface area contributed by atoms with E-state index in [9.17, 15) is 4.79 Å². The molecule has 5 heteroatoms. The molecule has 1 fully saturated rings. The molecule has 1 saturated carbocycles. The van der Waals surface area contributed by atoms with E-state index in [2.05, 4.69) is 53.5 Å². The Morgan fingerprint density at radius 2 is 1.87 bits per heavy atom. The first kappa shape index (κ1) is 18.9. The zero-order valence-corrected chi connectivity index (χ0v) is 18.2. The molecule has 0 aromatic carbocycles. The van der Waals surface area contributed by atoms with Gasteiger partial charge in [0.25, 0.3) is 0 Å². The molecule has 1 aliphatic heterocycles. The van der Waals surface area contributed by atoms with Gasteiger partial charge in [-0.1, -0.05) is 40.4 Å². The molecule has 0 bridgehead atoms. The van der Waals surface area contributed by atoms with Gasteiger partial charge in [0, 0.05) is 14.1 Å². The second-order valence-electron chi connectivity index (χ2n) is 9.98. The fourth-order valence-electron chi connectivity index (χ4n) is 3.54. The SMILES string of the molecule is CC(C)(C)[Si](C)(C)O[C@H]1CCCC2=CC(=O)O[C@]21C[Si](C)(C)C. The van der Waals surface area contributed by atoms with Gasteiger partial charge < -0.3 is 9.16 Å². The third-order valence-electron chi connectivity index (χ3n) is 5.59. The van der Waals surface area contributed by atoms with Crippen LogP contribution in [0.2, 0.25) is 43.8 Å². The van der Waals surface area contributed by atoms with Crippen molar-refractivity contribution in [2.45, 2.75) is 95.6 Å². The lowest BCUT2D eigenvalue weighted by atomic mass is 9.80. The molecule has 0 unspecified atom stereocenters. The molecule has 2 atom stereocenters. The summed E-state index contributed by atoms with van der Waals surface area (Å²) in [7, 11) is -3.31. The average Bonchev–Trinajstić information content (AvgIpc) is 2.62. The second kappa shape index (κ2) is 5.85. The first-order valence-electron chi connectivity index (χ1n) is 8.89. The Labute approximate surface area is 144 Å². The molecule has 3 nitrogen and oxygen atoms in total. The summed E-state index contributed by atoms with van der Waals surface area (Å²) in [4.78, 5) is 12.1. The number of hydrogen-bond donors (Lipinski definition) is 0. The van der Waals surface area contributed by atoms with E-state index in [-0.39, 0.29) is 17.1 Å². The summed E-state index contributed by atoms with van der Waals surface area (Å²) in [5.41, 5.74) is 0.717. The van der Waals surface area contributed by atoms with Crippen LogP contribution < -0.4 is 0 Å². The van der Waals surface area contributed by atoms with E-state index in [4.69, 9.17) is 9.16 Å². The lowest BCUT2D eigenvalue weighted by Gasteiger charge is -2.49. The van der Waals surface area contributed by atoms with Crippen molar-refractivity contribution in [2.75, 3.05) is 0 Å². The Kier molecular flexibility index (Phi) is 4.81. The Bertz CT molecular complexity index is 511. The van der Waals surface area contributed by atoms with Gasteiger partial charge in [-0.25, -0.2) is 4.79 Å². The van der Waals surface area contributed by atoms with Gasteiger partial charge in [0.15, 0.2) is 13.9 Å². The summed E-state index contributed by atoms with van der Waals surface area (Å²) < 4.78 is 12.8. The molecule has 1 heterocycles. The van der Waals surface area contributed by atoms with Crippen LogP contribution in [0.1, 0.15) is 40.0 Å². The van der Waals surface area contributed by atoms with E-state index in [0.29, 0.717) is 0 Å². The smallest absolute Gasteiger partial charge is 0.331 e. The third-order valence-corrected chi connectivity index (χ3v) is 11.7. The van der Waals surface area contributed by atoms with Crippen molar-refractivity contribution in [3.8, 4) is 0 Å². The maximum Gasteiger partial charge on any atom is 0.331 e. The first-order valence-corrected chi connectivity index (χ1v) is 15.5. The van der Waals surface area contributed by atoms with Crippen LogP contribution in [0.4, 0.5) is 0 Å². The molecule has 0 saturated heterocycles. The quantitative estimate of drug-likeness (QED) is 0.519. The highest BCUT2D eigenvalue weighted by Gasteiger charge is 2.55. The number of ether oxygens (including phenoxy) is 1. The van der Waals surface area contributed by atoms with Gasteiger partial charge in [-0.2, -0.15) is 0 Å². The predicted molar refractivity (Wildman–Crippen MR) is 101 cm³/mol. The topological polar surface area (TPSA) is 35.5 Å². The normalized spacial score (nSPS) is 29.1. The summed E-state index contributed by atoms with van der Waals surface area (Å²) in [6.07, 6.45) is 4.85. The molecular weight excluding hydrogens is 320 g/mol. The molecule has 132 valence electrons. The highest BCUT2D eigenvalue weighted by molar-refractivity contribution is 6.76. The monoisotopic (exact) mass is 354 g/mol. The predicted octanol–water partition coefficient (Wildman–Crippen LogP) is 5.12. The van der Waals surface area contributed by atoms with Crippen LogP contribution in [0, 0.1) is 0 Å². The number of hydrogen-bond acceptors (Lipinski definition) is 3. The van der Waals surface area contributed by atoms with Crippen molar-refractivity contribution in [2.24, 2.45) is 0 Å². The molecule has 0 N–H and O–H groups in total. The average molecular weight is 355 g/mol. The summed E-state index contributed by atoms with van der Waals surface area (Å²) in [5.74, 6) is -0.163. The Hall–Kier alpha value is -0.396. The molecule has 2 aliphatic rings.